The van der Waals surface area contributed by atoms with Crippen LogP contribution < -0.4 is 11.5 Å². The molecule has 5 nitrogen and oxygen atoms in total. The van der Waals surface area contributed by atoms with Crippen LogP contribution in [0.2, 0.25) is 0 Å². The second kappa shape index (κ2) is 4.91. The Balaban J connectivity index is 0. The maximum Gasteiger partial charge on any atom is 0.195 e. The minimum atomic E-state index is -0.183. The van der Waals surface area contributed by atoms with Crippen molar-refractivity contribution in [2.24, 2.45) is 16.9 Å². The number of halogens is 1. The number of rotatable bonds is 1. The first-order valence-corrected chi connectivity index (χ1v) is 3.69. The number of nitrogens with one attached hydrogen (secondary N) is 2. The summed E-state index contributed by atoms with van der Waals surface area (Å²) in [7, 11) is 0. The minimum absolute atomic E-state index is 0. The van der Waals surface area contributed by atoms with Crippen LogP contribution in [0.5, 0.6) is 0 Å². The van der Waals surface area contributed by atoms with Crippen molar-refractivity contribution in [1.29, 1.82) is 10.8 Å². The Kier molecular flexibility index (Phi) is 5.50. The van der Waals surface area contributed by atoms with E-state index in [2.05, 4.69) is 0 Å². The highest BCUT2D eigenvalue weighted by atomic mass is 35.5. The van der Waals surface area contributed by atoms with E-state index in [1.165, 1.54) is 4.90 Å². The number of nitrogens with two attached hydrogens (primary N) is 2. The van der Waals surface area contributed by atoms with E-state index in [9.17, 15) is 0 Å². The molecule has 0 aromatic heterocycles. The lowest BCUT2D eigenvalue weighted by Gasteiger charge is -2.28. The van der Waals surface area contributed by atoms with Crippen molar-refractivity contribution < 1.29 is 0 Å². The van der Waals surface area contributed by atoms with Gasteiger partial charge in [0.05, 0.1) is 0 Å². The van der Waals surface area contributed by atoms with E-state index in [-0.39, 0.29) is 29.7 Å². The number of hydrogen-bond acceptors (Lipinski definition) is 2. The Morgan fingerprint density at radius 2 is 1.46 bits per heavy atom. The summed E-state index contributed by atoms with van der Waals surface area (Å²) in [6, 6.07) is 0. The summed E-state index contributed by atoms with van der Waals surface area (Å²) in [5, 5.41) is 14.3. The molecule has 0 aromatic rings. The van der Waals surface area contributed by atoms with Crippen molar-refractivity contribution in [1.82, 2.24) is 4.90 Å². The highest BCUT2D eigenvalue weighted by molar-refractivity contribution is 5.94. The zero-order valence-corrected chi connectivity index (χ0v) is 9.03. The molecule has 13 heavy (non-hydrogen) atoms. The van der Waals surface area contributed by atoms with E-state index in [1.54, 1.807) is 0 Å². The first-order valence-electron chi connectivity index (χ1n) is 3.69. The molecule has 0 bridgehead atoms. The molecule has 6 N–H and O–H groups in total. The lowest BCUT2D eigenvalue weighted by molar-refractivity contribution is 0.335. The van der Waals surface area contributed by atoms with Crippen molar-refractivity contribution in [3.63, 3.8) is 0 Å². The molecule has 0 unspecified atom stereocenters. The fraction of sp³-hybridized carbons (Fsp3) is 0.714. The predicted molar refractivity (Wildman–Crippen MR) is 57.2 cm³/mol. The molecule has 0 spiro atoms. The molecule has 0 atom stereocenters. The van der Waals surface area contributed by atoms with Crippen molar-refractivity contribution in [2.45, 2.75) is 20.8 Å². The van der Waals surface area contributed by atoms with Crippen molar-refractivity contribution in [3.05, 3.63) is 0 Å². The highest BCUT2D eigenvalue weighted by Gasteiger charge is 2.18. The second-order valence-electron chi connectivity index (χ2n) is 3.92. The van der Waals surface area contributed by atoms with E-state index >= 15 is 0 Å². The molecule has 0 aliphatic rings. The van der Waals surface area contributed by atoms with Crippen LogP contribution in [0.4, 0.5) is 0 Å². The molecule has 0 aromatic carbocycles. The van der Waals surface area contributed by atoms with Gasteiger partial charge in [-0.3, -0.25) is 15.7 Å². The Bertz CT molecular complexity index is 182. The monoisotopic (exact) mass is 207 g/mol. The highest BCUT2D eigenvalue weighted by Crippen LogP contribution is 2.14. The molecule has 0 saturated heterocycles. The van der Waals surface area contributed by atoms with Gasteiger partial charge in [-0.2, -0.15) is 0 Å². The van der Waals surface area contributed by atoms with E-state index in [0.29, 0.717) is 6.54 Å². The van der Waals surface area contributed by atoms with Crippen LogP contribution in [0, 0.1) is 16.2 Å². The van der Waals surface area contributed by atoms with Crippen LogP contribution in [0.1, 0.15) is 20.8 Å². The third kappa shape index (κ3) is 6.21. The first kappa shape index (κ1) is 14.5. The zero-order chi connectivity index (χ0) is 9.94. The van der Waals surface area contributed by atoms with Crippen molar-refractivity contribution in [2.75, 3.05) is 6.54 Å². The average Bonchev–Trinajstić information content (AvgIpc) is 1.79. The number of hydrogen-bond donors (Lipinski definition) is 4. The van der Waals surface area contributed by atoms with Crippen LogP contribution in [-0.4, -0.2) is 23.4 Å². The predicted octanol–water partition coefficient (Wildman–Crippen LogP) is 0.543. The van der Waals surface area contributed by atoms with Crippen LogP contribution >= 0.6 is 12.4 Å². The summed E-state index contributed by atoms with van der Waals surface area (Å²) in [5.74, 6) is -0.366. The molecule has 0 amide bonds. The Hall–Kier alpha value is -0.970. The standard InChI is InChI=1S/C7H17N5.ClH/c1-7(2,3)4-12(5(8)9)6(10)11;/h4H2,1-3H3,(H3,8,9)(H3,10,11);1H. The lowest BCUT2D eigenvalue weighted by atomic mass is 9.96. The molecule has 0 rings (SSSR count). The van der Waals surface area contributed by atoms with E-state index in [1.807, 2.05) is 20.8 Å². The van der Waals surface area contributed by atoms with Gasteiger partial charge in [-0.25, -0.2) is 0 Å². The van der Waals surface area contributed by atoms with Crippen LogP contribution in [0.25, 0.3) is 0 Å². The molecule has 6 heteroatoms. The molecule has 0 aliphatic heterocycles. The van der Waals surface area contributed by atoms with Gasteiger partial charge in [0, 0.05) is 6.54 Å². The molecular formula is C7H18ClN5. The van der Waals surface area contributed by atoms with Gasteiger partial charge in [-0.1, -0.05) is 20.8 Å². The summed E-state index contributed by atoms with van der Waals surface area (Å²) in [4.78, 5) is 1.26. The fourth-order valence-electron chi connectivity index (χ4n) is 0.774. The first-order chi connectivity index (χ1) is 5.24. The normalized spacial score (nSPS) is 10.1. The maximum absolute atomic E-state index is 7.14. The molecule has 78 valence electrons. The largest absolute Gasteiger partial charge is 0.370 e. The van der Waals surface area contributed by atoms with Gasteiger partial charge in [0.1, 0.15) is 0 Å². The Morgan fingerprint density at radius 3 is 1.54 bits per heavy atom. The Labute approximate surface area is 84.9 Å². The van der Waals surface area contributed by atoms with Gasteiger partial charge in [0.15, 0.2) is 11.9 Å². The van der Waals surface area contributed by atoms with Gasteiger partial charge in [-0.05, 0) is 5.41 Å². The molecule has 0 fully saturated rings. The summed E-state index contributed by atoms with van der Waals surface area (Å²) < 4.78 is 0. The van der Waals surface area contributed by atoms with E-state index in [4.69, 9.17) is 22.3 Å². The van der Waals surface area contributed by atoms with Crippen LogP contribution in [0.15, 0.2) is 0 Å². The third-order valence-corrected chi connectivity index (χ3v) is 1.21. The van der Waals surface area contributed by atoms with Gasteiger partial charge < -0.3 is 11.5 Å². The Morgan fingerprint density at radius 1 is 1.15 bits per heavy atom. The maximum atomic E-state index is 7.14. The van der Waals surface area contributed by atoms with Gasteiger partial charge in [0.2, 0.25) is 0 Å². The van der Waals surface area contributed by atoms with E-state index < -0.39 is 0 Å². The quantitative estimate of drug-likeness (QED) is 0.373. The molecule has 0 heterocycles. The average molecular weight is 208 g/mol. The van der Waals surface area contributed by atoms with E-state index in [0.717, 1.165) is 0 Å². The molecule has 0 saturated carbocycles. The minimum Gasteiger partial charge on any atom is -0.370 e. The van der Waals surface area contributed by atoms with Gasteiger partial charge in [0.25, 0.3) is 0 Å². The van der Waals surface area contributed by atoms with Gasteiger partial charge in [-0.15, -0.1) is 12.4 Å². The number of nitrogens with zero attached hydrogens (tertiary/aromatic N) is 1. The molecular weight excluding hydrogens is 190 g/mol. The fourth-order valence-corrected chi connectivity index (χ4v) is 0.774. The van der Waals surface area contributed by atoms with Crippen LogP contribution in [-0.2, 0) is 0 Å². The summed E-state index contributed by atoms with van der Waals surface area (Å²) in [5.41, 5.74) is 10.4. The van der Waals surface area contributed by atoms with Gasteiger partial charge >= 0.3 is 0 Å². The third-order valence-electron chi connectivity index (χ3n) is 1.21. The molecule has 0 radical (unpaired) electrons. The van der Waals surface area contributed by atoms with Crippen molar-refractivity contribution in [3.8, 4) is 0 Å². The molecule has 0 aliphatic carbocycles. The zero-order valence-electron chi connectivity index (χ0n) is 8.22. The van der Waals surface area contributed by atoms with Crippen LogP contribution in [0.3, 0.4) is 0 Å². The second-order valence-corrected chi connectivity index (χ2v) is 3.92. The summed E-state index contributed by atoms with van der Waals surface area (Å²) in [6.45, 7) is 6.46. The summed E-state index contributed by atoms with van der Waals surface area (Å²) in [6.07, 6.45) is 0. The SMILES string of the molecule is CC(C)(C)CN(C(=N)N)C(=N)N.Cl. The lowest BCUT2D eigenvalue weighted by Crippen LogP contribution is -2.48. The smallest absolute Gasteiger partial charge is 0.195 e. The topological polar surface area (TPSA) is 103 Å². The van der Waals surface area contributed by atoms with Crippen molar-refractivity contribution >= 4 is 24.3 Å². The summed E-state index contributed by atoms with van der Waals surface area (Å²) >= 11 is 0. The number of guanidine groups is 2.